The first-order chi connectivity index (χ1) is 9.94. The molecule has 0 unspecified atom stereocenters. The van der Waals surface area contributed by atoms with Crippen LogP contribution in [0.5, 0.6) is 5.75 Å². The van der Waals surface area contributed by atoms with Gasteiger partial charge in [0.15, 0.2) is 0 Å². The van der Waals surface area contributed by atoms with E-state index in [0.29, 0.717) is 5.92 Å². The minimum absolute atomic E-state index is 0.191. The minimum Gasteiger partial charge on any atom is -0.491 e. The Kier molecular flexibility index (Phi) is 4.89. The molecule has 0 amide bonds. The van der Waals surface area contributed by atoms with Gasteiger partial charge in [0, 0.05) is 18.4 Å². The molecule has 1 aromatic carbocycles. The summed E-state index contributed by atoms with van der Waals surface area (Å²) in [5.41, 5.74) is 2.04. The Labute approximate surface area is 127 Å². The Morgan fingerprint density at radius 2 is 1.81 bits per heavy atom. The van der Waals surface area contributed by atoms with Gasteiger partial charge in [-0.2, -0.15) is 0 Å². The third-order valence-electron chi connectivity index (χ3n) is 2.94. The van der Waals surface area contributed by atoms with Crippen LogP contribution in [0.1, 0.15) is 33.4 Å². The predicted octanol–water partition coefficient (Wildman–Crippen LogP) is 4.38. The number of hydrogen-bond donors (Lipinski definition) is 1. The van der Waals surface area contributed by atoms with Crippen LogP contribution in [0.2, 0.25) is 0 Å². The van der Waals surface area contributed by atoms with Gasteiger partial charge in [-0.25, -0.2) is 4.98 Å². The first-order valence-corrected chi connectivity index (χ1v) is 7.51. The van der Waals surface area contributed by atoms with E-state index < -0.39 is 0 Å². The number of nitrogens with zero attached hydrogens (tertiary/aromatic N) is 2. The van der Waals surface area contributed by atoms with Crippen molar-refractivity contribution in [2.24, 2.45) is 5.92 Å². The number of benzene rings is 1. The lowest BCUT2D eigenvalue weighted by atomic mass is 10.2. The summed E-state index contributed by atoms with van der Waals surface area (Å²) < 4.78 is 7.82. The van der Waals surface area contributed by atoms with Gasteiger partial charge < -0.3 is 14.6 Å². The van der Waals surface area contributed by atoms with Crippen LogP contribution in [0.4, 0.5) is 11.6 Å². The summed E-state index contributed by atoms with van der Waals surface area (Å²) in [5, 5.41) is 3.38. The van der Waals surface area contributed by atoms with Gasteiger partial charge in [0.05, 0.1) is 11.8 Å². The van der Waals surface area contributed by atoms with Crippen molar-refractivity contribution < 1.29 is 4.74 Å². The molecule has 2 rings (SSSR count). The lowest BCUT2D eigenvalue weighted by Crippen LogP contribution is -2.07. The topological polar surface area (TPSA) is 39.1 Å². The van der Waals surface area contributed by atoms with E-state index in [9.17, 15) is 0 Å². The van der Waals surface area contributed by atoms with Crippen LogP contribution in [0, 0.1) is 12.8 Å². The second-order valence-corrected chi connectivity index (χ2v) is 6.07. The second-order valence-electron chi connectivity index (χ2n) is 6.07. The van der Waals surface area contributed by atoms with Crippen molar-refractivity contribution in [3.05, 3.63) is 36.2 Å². The van der Waals surface area contributed by atoms with Gasteiger partial charge in [0.2, 0.25) is 5.95 Å². The van der Waals surface area contributed by atoms with Gasteiger partial charge in [0.1, 0.15) is 5.75 Å². The van der Waals surface area contributed by atoms with E-state index in [1.165, 1.54) is 0 Å². The first-order valence-electron chi connectivity index (χ1n) is 7.51. The highest BCUT2D eigenvalue weighted by Gasteiger charge is 2.07. The Hall–Kier alpha value is -1.97. The fourth-order valence-corrected chi connectivity index (χ4v) is 2.20. The van der Waals surface area contributed by atoms with E-state index in [1.54, 1.807) is 0 Å². The molecule has 2 aromatic rings. The molecular weight excluding hydrogens is 262 g/mol. The number of anilines is 2. The molecule has 0 saturated heterocycles. The Balaban J connectivity index is 2.11. The van der Waals surface area contributed by atoms with Crippen molar-refractivity contribution >= 4 is 11.6 Å². The molecule has 0 fully saturated rings. The molecule has 1 N–H and O–H groups in total. The van der Waals surface area contributed by atoms with Crippen LogP contribution < -0.4 is 10.1 Å². The number of nitrogens with one attached hydrogen (secondary N) is 1. The molecule has 0 aliphatic rings. The molecule has 0 spiro atoms. The fraction of sp³-hybridized carbons (Fsp3) is 0.471. The summed E-state index contributed by atoms with van der Waals surface area (Å²) >= 11 is 0. The highest BCUT2D eigenvalue weighted by Crippen LogP contribution is 2.21. The maximum atomic E-state index is 5.65. The third kappa shape index (κ3) is 4.52. The monoisotopic (exact) mass is 287 g/mol. The van der Waals surface area contributed by atoms with Crippen LogP contribution in [-0.4, -0.2) is 15.7 Å². The van der Waals surface area contributed by atoms with E-state index in [4.69, 9.17) is 4.74 Å². The second kappa shape index (κ2) is 6.66. The number of hydrogen-bond acceptors (Lipinski definition) is 3. The van der Waals surface area contributed by atoms with Crippen molar-refractivity contribution in [1.29, 1.82) is 0 Å². The summed E-state index contributed by atoms with van der Waals surface area (Å²) in [6.07, 6.45) is 2.27. The normalized spacial score (nSPS) is 11.2. The van der Waals surface area contributed by atoms with Crippen molar-refractivity contribution in [3.63, 3.8) is 0 Å². The summed E-state index contributed by atoms with van der Waals surface area (Å²) in [7, 11) is 0. The highest BCUT2D eigenvalue weighted by atomic mass is 16.5. The first kappa shape index (κ1) is 15.4. The lowest BCUT2D eigenvalue weighted by molar-refractivity contribution is 0.242. The molecule has 0 aliphatic carbocycles. The molecule has 4 heteroatoms. The standard InChI is InChI=1S/C17H25N3O/c1-12(2)10-20-11-14(5)18-17(20)19-15-6-8-16(9-7-15)21-13(3)4/h6-9,11-13H,10H2,1-5H3,(H,18,19). The van der Waals surface area contributed by atoms with Gasteiger partial charge in [-0.05, 0) is 51.0 Å². The Morgan fingerprint density at radius 1 is 1.14 bits per heavy atom. The molecule has 0 aliphatic heterocycles. The molecule has 0 radical (unpaired) electrons. The van der Waals surface area contributed by atoms with Gasteiger partial charge >= 0.3 is 0 Å². The van der Waals surface area contributed by atoms with Crippen molar-refractivity contribution in [1.82, 2.24) is 9.55 Å². The predicted molar refractivity (Wildman–Crippen MR) is 87.3 cm³/mol. The number of aryl methyl sites for hydroxylation is 1. The number of aromatic nitrogens is 2. The molecule has 1 heterocycles. The van der Waals surface area contributed by atoms with Crippen LogP contribution in [-0.2, 0) is 6.54 Å². The van der Waals surface area contributed by atoms with Crippen LogP contribution >= 0.6 is 0 Å². The molecule has 0 saturated carbocycles. The van der Waals surface area contributed by atoms with E-state index in [0.717, 1.165) is 29.6 Å². The average Bonchev–Trinajstić information content (AvgIpc) is 2.70. The van der Waals surface area contributed by atoms with Gasteiger partial charge in [0.25, 0.3) is 0 Å². The Bertz CT molecular complexity index is 570. The Morgan fingerprint density at radius 3 is 2.38 bits per heavy atom. The third-order valence-corrected chi connectivity index (χ3v) is 2.94. The maximum Gasteiger partial charge on any atom is 0.207 e. The van der Waals surface area contributed by atoms with Gasteiger partial charge in [-0.1, -0.05) is 13.8 Å². The fourth-order valence-electron chi connectivity index (χ4n) is 2.20. The minimum atomic E-state index is 0.191. The van der Waals surface area contributed by atoms with Crippen molar-refractivity contribution in [3.8, 4) is 5.75 Å². The zero-order valence-electron chi connectivity index (χ0n) is 13.6. The molecule has 4 nitrogen and oxygen atoms in total. The summed E-state index contributed by atoms with van der Waals surface area (Å²) in [4.78, 5) is 4.55. The molecule has 114 valence electrons. The van der Waals surface area contributed by atoms with Gasteiger partial charge in [-0.15, -0.1) is 0 Å². The number of rotatable bonds is 6. The van der Waals surface area contributed by atoms with E-state index in [-0.39, 0.29) is 6.10 Å². The molecule has 0 atom stereocenters. The molecule has 1 aromatic heterocycles. The van der Waals surface area contributed by atoms with Crippen LogP contribution in [0.3, 0.4) is 0 Å². The van der Waals surface area contributed by atoms with E-state index in [1.807, 2.05) is 45.0 Å². The maximum absolute atomic E-state index is 5.65. The van der Waals surface area contributed by atoms with Crippen LogP contribution in [0.25, 0.3) is 0 Å². The van der Waals surface area contributed by atoms with Gasteiger partial charge in [-0.3, -0.25) is 0 Å². The SMILES string of the molecule is Cc1cn(CC(C)C)c(Nc2ccc(OC(C)C)cc2)n1. The van der Waals surface area contributed by atoms with Crippen molar-refractivity contribution in [2.75, 3.05) is 5.32 Å². The van der Waals surface area contributed by atoms with Crippen LogP contribution in [0.15, 0.2) is 30.5 Å². The zero-order chi connectivity index (χ0) is 15.4. The number of imidazole rings is 1. The zero-order valence-corrected chi connectivity index (χ0v) is 13.6. The lowest BCUT2D eigenvalue weighted by Gasteiger charge is -2.13. The largest absolute Gasteiger partial charge is 0.491 e. The average molecular weight is 287 g/mol. The summed E-state index contributed by atoms with van der Waals surface area (Å²) in [6, 6.07) is 7.98. The van der Waals surface area contributed by atoms with Crippen molar-refractivity contribution in [2.45, 2.75) is 47.3 Å². The smallest absolute Gasteiger partial charge is 0.207 e. The van der Waals surface area contributed by atoms with E-state index >= 15 is 0 Å². The van der Waals surface area contributed by atoms with E-state index in [2.05, 4.69) is 34.9 Å². The molecule has 0 bridgehead atoms. The molecular formula is C17H25N3O. The quantitative estimate of drug-likeness (QED) is 0.857. The summed E-state index contributed by atoms with van der Waals surface area (Å²) in [6.45, 7) is 11.4. The highest BCUT2D eigenvalue weighted by molar-refractivity contribution is 5.55. The number of ether oxygens (including phenoxy) is 1. The molecule has 21 heavy (non-hydrogen) atoms. The summed E-state index contributed by atoms with van der Waals surface area (Å²) in [5.74, 6) is 2.36.